The lowest BCUT2D eigenvalue weighted by atomic mass is 10.0. The molecule has 0 saturated carbocycles. The average molecular weight is 361 g/mol. The standard InChI is InChI=1S/C15H12BrF3O2/c1-20-12-6-2-10(3-7-12)14(16)11-4-8-13(9-5-11)21-15(17,18)19/h2-9,14H,1H3. The molecule has 6 heteroatoms. The van der Waals surface area contributed by atoms with E-state index in [4.69, 9.17) is 4.74 Å². The number of hydrogen-bond acceptors (Lipinski definition) is 2. The van der Waals surface area contributed by atoms with E-state index in [9.17, 15) is 13.2 Å². The van der Waals surface area contributed by atoms with Crippen LogP contribution in [0.5, 0.6) is 11.5 Å². The zero-order valence-electron chi connectivity index (χ0n) is 11.0. The second kappa shape index (κ2) is 6.39. The summed E-state index contributed by atoms with van der Waals surface area (Å²) in [6.45, 7) is 0. The number of halogens is 4. The minimum absolute atomic E-state index is 0.122. The number of rotatable bonds is 4. The topological polar surface area (TPSA) is 18.5 Å². The lowest BCUT2D eigenvalue weighted by Crippen LogP contribution is -2.17. The predicted molar refractivity (Wildman–Crippen MR) is 76.9 cm³/mol. The van der Waals surface area contributed by atoms with Crippen LogP contribution in [-0.4, -0.2) is 13.5 Å². The summed E-state index contributed by atoms with van der Waals surface area (Å²) in [7, 11) is 1.58. The van der Waals surface area contributed by atoms with Crippen molar-refractivity contribution in [1.82, 2.24) is 0 Å². The average Bonchev–Trinajstić information content (AvgIpc) is 2.46. The van der Waals surface area contributed by atoms with Crippen LogP contribution in [0, 0.1) is 0 Å². The highest BCUT2D eigenvalue weighted by molar-refractivity contribution is 9.09. The monoisotopic (exact) mass is 360 g/mol. The van der Waals surface area contributed by atoms with Crippen molar-refractivity contribution in [2.24, 2.45) is 0 Å². The first-order valence-corrected chi connectivity index (χ1v) is 6.94. The summed E-state index contributed by atoms with van der Waals surface area (Å²) < 4.78 is 45.2. The van der Waals surface area contributed by atoms with Crippen molar-refractivity contribution in [2.75, 3.05) is 7.11 Å². The van der Waals surface area contributed by atoms with Crippen LogP contribution < -0.4 is 9.47 Å². The summed E-state index contributed by atoms with van der Waals surface area (Å²) in [6.07, 6.45) is -4.68. The molecule has 0 aliphatic rings. The van der Waals surface area contributed by atoms with E-state index in [2.05, 4.69) is 20.7 Å². The fourth-order valence-electron chi connectivity index (χ4n) is 1.80. The Morgan fingerprint density at radius 3 is 1.67 bits per heavy atom. The molecule has 21 heavy (non-hydrogen) atoms. The van der Waals surface area contributed by atoms with E-state index < -0.39 is 6.36 Å². The summed E-state index contributed by atoms with van der Waals surface area (Å²) in [5, 5.41) is 0. The normalized spacial score (nSPS) is 12.8. The molecule has 112 valence electrons. The second-order valence-electron chi connectivity index (χ2n) is 4.25. The van der Waals surface area contributed by atoms with E-state index in [1.807, 2.05) is 24.3 Å². The van der Waals surface area contributed by atoms with E-state index >= 15 is 0 Å². The van der Waals surface area contributed by atoms with Gasteiger partial charge in [0.1, 0.15) is 11.5 Å². The van der Waals surface area contributed by atoms with Crippen molar-refractivity contribution < 1.29 is 22.6 Å². The molecule has 0 heterocycles. The molecule has 0 radical (unpaired) electrons. The van der Waals surface area contributed by atoms with Crippen molar-refractivity contribution >= 4 is 15.9 Å². The first-order chi connectivity index (χ1) is 9.89. The highest BCUT2D eigenvalue weighted by atomic mass is 79.9. The molecule has 0 bridgehead atoms. The van der Waals surface area contributed by atoms with Crippen LogP contribution in [0.25, 0.3) is 0 Å². The molecule has 2 aromatic carbocycles. The molecule has 2 rings (SSSR count). The molecule has 1 unspecified atom stereocenters. The third-order valence-electron chi connectivity index (χ3n) is 2.81. The van der Waals surface area contributed by atoms with Gasteiger partial charge < -0.3 is 9.47 Å². The van der Waals surface area contributed by atoms with Gasteiger partial charge in [-0.15, -0.1) is 13.2 Å². The quantitative estimate of drug-likeness (QED) is 0.708. The zero-order valence-corrected chi connectivity index (χ0v) is 12.6. The van der Waals surface area contributed by atoms with Crippen LogP contribution in [0.1, 0.15) is 16.0 Å². The second-order valence-corrected chi connectivity index (χ2v) is 5.17. The van der Waals surface area contributed by atoms with Crippen LogP contribution >= 0.6 is 15.9 Å². The number of alkyl halides is 4. The number of ether oxygens (including phenoxy) is 2. The van der Waals surface area contributed by atoms with Gasteiger partial charge in [-0.05, 0) is 35.4 Å². The van der Waals surface area contributed by atoms with Gasteiger partial charge in [0.25, 0.3) is 0 Å². The summed E-state index contributed by atoms with van der Waals surface area (Å²) in [5.41, 5.74) is 1.80. The Balaban J connectivity index is 2.13. The lowest BCUT2D eigenvalue weighted by Gasteiger charge is -2.13. The third-order valence-corrected chi connectivity index (χ3v) is 3.87. The minimum atomic E-state index is -4.68. The van der Waals surface area contributed by atoms with Crippen molar-refractivity contribution in [3.8, 4) is 11.5 Å². The molecule has 0 N–H and O–H groups in total. The Bertz CT molecular complexity index is 579. The van der Waals surface area contributed by atoms with E-state index in [1.165, 1.54) is 12.1 Å². The van der Waals surface area contributed by atoms with E-state index in [1.54, 1.807) is 19.2 Å². The summed E-state index contributed by atoms with van der Waals surface area (Å²) in [4.78, 5) is -0.122. The Morgan fingerprint density at radius 1 is 0.857 bits per heavy atom. The number of methoxy groups -OCH3 is 1. The van der Waals surface area contributed by atoms with E-state index in [0.717, 1.165) is 16.9 Å². The van der Waals surface area contributed by atoms with Crippen LogP contribution in [0.15, 0.2) is 48.5 Å². The zero-order chi connectivity index (χ0) is 15.5. The SMILES string of the molecule is COc1ccc(C(Br)c2ccc(OC(F)(F)F)cc2)cc1. The fraction of sp³-hybridized carbons (Fsp3) is 0.200. The van der Waals surface area contributed by atoms with Crippen LogP contribution in [0.3, 0.4) is 0 Å². The molecule has 0 aromatic heterocycles. The maximum atomic E-state index is 12.1. The molecule has 2 aromatic rings. The van der Waals surface area contributed by atoms with Crippen molar-refractivity contribution in [3.05, 3.63) is 59.7 Å². The van der Waals surface area contributed by atoms with Crippen molar-refractivity contribution in [2.45, 2.75) is 11.2 Å². The van der Waals surface area contributed by atoms with Gasteiger partial charge in [0, 0.05) is 0 Å². The summed E-state index contributed by atoms with van der Waals surface area (Å²) >= 11 is 3.52. The highest BCUT2D eigenvalue weighted by Gasteiger charge is 2.31. The Hall–Kier alpha value is -1.69. The molecule has 0 fully saturated rings. The third kappa shape index (κ3) is 4.39. The number of benzene rings is 2. The Labute approximate surface area is 128 Å². The molecule has 0 aliphatic heterocycles. The van der Waals surface area contributed by atoms with Gasteiger partial charge >= 0.3 is 6.36 Å². The highest BCUT2D eigenvalue weighted by Crippen LogP contribution is 2.33. The smallest absolute Gasteiger partial charge is 0.497 e. The molecule has 0 saturated heterocycles. The lowest BCUT2D eigenvalue weighted by molar-refractivity contribution is -0.274. The van der Waals surface area contributed by atoms with Crippen LogP contribution in [0.4, 0.5) is 13.2 Å². The van der Waals surface area contributed by atoms with Crippen LogP contribution in [-0.2, 0) is 0 Å². The Kier molecular flexibility index (Phi) is 4.77. The van der Waals surface area contributed by atoms with Gasteiger partial charge in [0.05, 0.1) is 11.9 Å². The van der Waals surface area contributed by atoms with Gasteiger partial charge in [-0.25, -0.2) is 0 Å². The van der Waals surface area contributed by atoms with Crippen LogP contribution in [0.2, 0.25) is 0 Å². The molecule has 0 aliphatic carbocycles. The van der Waals surface area contributed by atoms with Gasteiger partial charge in [-0.3, -0.25) is 0 Å². The maximum absolute atomic E-state index is 12.1. The van der Waals surface area contributed by atoms with Crippen molar-refractivity contribution in [3.63, 3.8) is 0 Å². The number of hydrogen-bond donors (Lipinski definition) is 0. The predicted octanol–water partition coefficient (Wildman–Crippen LogP) is 5.08. The molecule has 0 amide bonds. The van der Waals surface area contributed by atoms with Crippen molar-refractivity contribution in [1.29, 1.82) is 0 Å². The van der Waals surface area contributed by atoms with Gasteiger partial charge in [-0.1, -0.05) is 40.2 Å². The van der Waals surface area contributed by atoms with Gasteiger partial charge in [0.2, 0.25) is 0 Å². The molecule has 1 atom stereocenters. The first-order valence-electron chi connectivity index (χ1n) is 6.03. The minimum Gasteiger partial charge on any atom is -0.497 e. The summed E-state index contributed by atoms with van der Waals surface area (Å²) in [6, 6.07) is 13.2. The largest absolute Gasteiger partial charge is 0.573 e. The molecular weight excluding hydrogens is 349 g/mol. The first kappa shape index (κ1) is 15.7. The Morgan fingerprint density at radius 2 is 1.29 bits per heavy atom. The van der Waals surface area contributed by atoms with Gasteiger partial charge in [-0.2, -0.15) is 0 Å². The molecule has 2 nitrogen and oxygen atoms in total. The van der Waals surface area contributed by atoms with E-state index in [0.29, 0.717) is 0 Å². The fourth-order valence-corrected chi connectivity index (χ4v) is 2.41. The maximum Gasteiger partial charge on any atom is 0.573 e. The molecular formula is C15H12BrF3O2. The summed E-state index contributed by atoms with van der Waals surface area (Å²) in [5.74, 6) is 0.507. The molecule has 0 spiro atoms. The van der Waals surface area contributed by atoms with Gasteiger partial charge in [0.15, 0.2) is 0 Å². The van der Waals surface area contributed by atoms with E-state index in [-0.39, 0.29) is 10.6 Å².